The molecule has 1 aromatic carbocycles. The van der Waals surface area contributed by atoms with Gasteiger partial charge >= 0.3 is 0 Å². The molecular formula is C15H22FN3O. The fourth-order valence-corrected chi connectivity index (χ4v) is 2.58. The van der Waals surface area contributed by atoms with Gasteiger partial charge in [-0.25, -0.2) is 4.39 Å². The number of ether oxygens (including phenoxy) is 1. The Labute approximate surface area is 119 Å². The maximum Gasteiger partial charge on any atom is 0.136 e. The molecule has 0 amide bonds. The summed E-state index contributed by atoms with van der Waals surface area (Å²) < 4.78 is 19.1. The normalized spacial score (nSPS) is 15.9. The van der Waals surface area contributed by atoms with E-state index < -0.39 is 5.82 Å². The summed E-state index contributed by atoms with van der Waals surface area (Å²) in [6.07, 6.45) is 2.41. The lowest BCUT2D eigenvalue weighted by Crippen LogP contribution is -2.39. The number of nitrogen functional groups attached to an aromatic ring is 1. The molecule has 0 heterocycles. The van der Waals surface area contributed by atoms with Crippen LogP contribution >= 0.6 is 0 Å². The van der Waals surface area contributed by atoms with Gasteiger partial charge in [-0.1, -0.05) is 6.07 Å². The van der Waals surface area contributed by atoms with Crippen molar-refractivity contribution in [1.82, 2.24) is 0 Å². The van der Waals surface area contributed by atoms with Gasteiger partial charge in [-0.2, -0.15) is 0 Å². The minimum absolute atomic E-state index is 0.191. The van der Waals surface area contributed by atoms with Crippen molar-refractivity contribution in [1.29, 1.82) is 5.41 Å². The van der Waals surface area contributed by atoms with Crippen molar-refractivity contribution in [3.63, 3.8) is 0 Å². The van der Waals surface area contributed by atoms with Gasteiger partial charge in [0.25, 0.3) is 0 Å². The van der Waals surface area contributed by atoms with E-state index in [1.54, 1.807) is 13.2 Å². The zero-order valence-electron chi connectivity index (χ0n) is 12.0. The average molecular weight is 279 g/mol. The van der Waals surface area contributed by atoms with Crippen molar-refractivity contribution in [3.8, 4) is 0 Å². The van der Waals surface area contributed by atoms with Gasteiger partial charge in [-0.3, -0.25) is 5.41 Å². The Hall–Kier alpha value is -1.62. The average Bonchev–Trinajstić information content (AvgIpc) is 3.22. The zero-order chi connectivity index (χ0) is 14.7. The number of methoxy groups -OCH3 is 1. The van der Waals surface area contributed by atoms with Crippen LogP contribution in [0.25, 0.3) is 0 Å². The molecule has 2 rings (SSSR count). The second-order valence-corrected chi connectivity index (χ2v) is 5.31. The summed E-state index contributed by atoms with van der Waals surface area (Å²) in [7, 11) is 1.65. The third-order valence-electron chi connectivity index (χ3n) is 3.90. The molecule has 0 aliphatic heterocycles. The molecule has 4 nitrogen and oxygen atoms in total. The van der Waals surface area contributed by atoms with E-state index in [1.807, 2.05) is 6.07 Å². The Kier molecular flexibility index (Phi) is 4.60. The van der Waals surface area contributed by atoms with Crippen molar-refractivity contribution in [2.75, 3.05) is 25.2 Å². The molecule has 0 radical (unpaired) electrons. The summed E-state index contributed by atoms with van der Waals surface area (Å²) in [6, 6.07) is 5.13. The van der Waals surface area contributed by atoms with Gasteiger partial charge in [0.05, 0.1) is 17.9 Å². The van der Waals surface area contributed by atoms with E-state index in [9.17, 15) is 4.39 Å². The fourth-order valence-electron chi connectivity index (χ4n) is 2.58. The molecule has 0 aromatic heterocycles. The predicted molar refractivity (Wildman–Crippen MR) is 78.8 cm³/mol. The number of rotatable bonds is 7. The molecule has 1 aliphatic rings. The Morgan fingerprint density at radius 2 is 2.25 bits per heavy atom. The lowest BCUT2D eigenvalue weighted by molar-refractivity contribution is 0.202. The van der Waals surface area contributed by atoms with E-state index in [2.05, 4.69) is 11.8 Å². The molecule has 1 saturated carbocycles. The highest BCUT2D eigenvalue weighted by Gasteiger charge is 2.33. The number of nitrogens with one attached hydrogen (secondary N) is 1. The highest BCUT2D eigenvalue weighted by molar-refractivity contribution is 6.00. The molecule has 1 fully saturated rings. The molecule has 0 bridgehead atoms. The SMILES string of the molecule is COCCN(c1cccc(F)c1C(=N)N)C(C)C1CC1. The first-order valence-corrected chi connectivity index (χ1v) is 6.94. The van der Waals surface area contributed by atoms with Gasteiger partial charge in [0.15, 0.2) is 0 Å². The minimum Gasteiger partial charge on any atom is -0.384 e. The van der Waals surface area contributed by atoms with Crippen LogP contribution in [0.2, 0.25) is 0 Å². The number of halogens is 1. The van der Waals surface area contributed by atoms with E-state index in [4.69, 9.17) is 15.9 Å². The first-order valence-electron chi connectivity index (χ1n) is 6.94. The van der Waals surface area contributed by atoms with Crippen LogP contribution in [0.15, 0.2) is 18.2 Å². The van der Waals surface area contributed by atoms with E-state index in [-0.39, 0.29) is 11.4 Å². The molecule has 1 atom stereocenters. The van der Waals surface area contributed by atoms with Crippen molar-refractivity contribution < 1.29 is 9.13 Å². The maximum absolute atomic E-state index is 14.0. The summed E-state index contributed by atoms with van der Waals surface area (Å²) in [4.78, 5) is 2.11. The zero-order valence-corrected chi connectivity index (χ0v) is 12.0. The summed E-state index contributed by atoms with van der Waals surface area (Å²) >= 11 is 0. The number of anilines is 1. The highest BCUT2D eigenvalue weighted by atomic mass is 19.1. The van der Waals surface area contributed by atoms with Crippen LogP contribution in [0, 0.1) is 17.1 Å². The molecule has 5 heteroatoms. The number of hydrogen-bond acceptors (Lipinski definition) is 3. The number of benzene rings is 1. The standard InChI is InChI=1S/C15H22FN3O/c1-10(11-6-7-11)19(8-9-20-2)13-5-3-4-12(16)14(13)15(17)18/h3-5,10-11H,6-9H2,1-2H3,(H3,17,18). The molecular weight excluding hydrogens is 257 g/mol. The summed E-state index contributed by atoms with van der Waals surface area (Å²) in [6.45, 7) is 3.37. The molecule has 0 saturated heterocycles. The first kappa shape index (κ1) is 14.8. The quantitative estimate of drug-likeness (QED) is 0.595. The molecule has 1 unspecified atom stereocenters. The third-order valence-corrected chi connectivity index (χ3v) is 3.90. The van der Waals surface area contributed by atoms with Crippen LogP contribution in [0.4, 0.5) is 10.1 Å². The van der Waals surface area contributed by atoms with Crippen LogP contribution in [0.5, 0.6) is 0 Å². The predicted octanol–water partition coefficient (Wildman–Crippen LogP) is 2.36. The van der Waals surface area contributed by atoms with E-state index in [1.165, 1.54) is 18.9 Å². The molecule has 0 spiro atoms. The minimum atomic E-state index is -0.444. The lowest BCUT2D eigenvalue weighted by Gasteiger charge is -2.33. The second kappa shape index (κ2) is 6.22. The van der Waals surface area contributed by atoms with E-state index in [0.29, 0.717) is 30.8 Å². The smallest absolute Gasteiger partial charge is 0.136 e. The molecule has 3 N–H and O–H groups in total. The first-order chi connectivity index (χ1) is 9.56. The maximum atomic E-state index is 14.0. The van der Waals surface area contributed by atoms with Crippen molar-refractivity contribution >= 4 is 11.5 Å². The third kappa shape index (κ3) is 3.10. The fraction of sp³-hybridized carbons (Fsp3) is 0.533. The van der Waals surface area contributed by atoms with Gasteiger partial charge in [0, 0.05) is 19.7 Å². The van der Waals surface area contributed by atoms with Gasteiger partial charge < -0.3 is 15.4 Å². The van der Waals surface area contributed by atoms with Crippen molar-refractivity contribution in [2.24, 2.45) is 11.7 Å². The number of nitrogens with two attached hydrogens (primary N) is 1. The number of nitrogens with zero attached hydrogens (tertiary/aromatic N) is 1. The molecule has 20 heavy (non-hydrogen) atoms. The van der Waals surface area contributed by atoms with Gasteiger partial charge in [0.2, 0.25) is 0 Å². The Bertz CT molecular complexity index is 488. The topological polar surface area (TPSA) is 62.3 Å². The Balaban J connectivity index is 2.36. The van der Waals surface area contributed by atoms with E-state index >= 15 is 0 Å². The van der Waals surface area contributed by atoms with Crippen LogP contribution in [-0.2, 0) is 4.74 Å². The number of amidine groups is 1. The number of hydrogen-bond donors (Lipinski definition) is 2. The van der Waals surface area contributed by atoms with Crippen LogP contribution < -0.4 is 10.6 Å². The monoisotopic (exact) mass is 279 g/mol. The Morgan fingerprint density at radius 3 is 2.80 bits per heavy atom. The summed E-state index contributed by atoms with van der Waals surface area (Å²) in [5.74, 6) is -0.0427. The summed E-state index contributed by atoms with van der Waals surface area (Å²) in [5.41, 5.74) is 6.44. The van der Waals surface area contributed by atoms with Crippen LogP contribution in [0.1, 0.15) is 25.3 Å². The van der Waals surface area contributed by atoms with Gasteiger partial charge in [-0.15, -0.1) is 0 Å². The van der Waals surface area contributed by atoms with Crippen molar-refractivity contribution in [2.45, 2.75) is 25.8 Å². The second-order valence-electron chi connectivity index (χ2n) is 5.31. The van der Waals surface area contributed by atoms with Gasteiger partial charge in [-0.05, 0) is 37.8 Å². The van der Waals surface area contributed by atoms with Crippen LogP contribution in [-0.4, -0.2) is 32.1 Å². The molecule has 110 valence electrons. The largest absolute Gasteiger partial charge is 0.384 e. The Morgan fingerprint density at radius 1 is 1.55 bits per heavy atom. The van der Waals surface area contributed by atoms with Crippen molar-refractivity contribution in [3.05, 3.63) is 29.6 Å². The molecule has 1 aromatic rings. The highest BCUT2D eigenvalue weighted by Crippen LogP contribution is 2.37. The van der Waals surface area contributed by atoms with E-state index in [0.717, 1.165) is 0 Å². The summed E-state index contributed by atoms with van der Waals surface area (Å²) in [5, 5.41) is 7.63. The van der Waals surface area contributed by atoms with Crippen LogP contribution in [0.3, 0.4) is 0 Å². The molecule has 1 aliphatic carbocycles. The lowest BCUT2D eigenvalue weighted by atomic mass is 10.1. The van der Waals surface area contributed by atoms with Gasteiger partial charge in [0.1, 0.15) is 11.7 Å².